The molecule has 0 aromatic rings. The Kier molecular flexibility index (Phi) is 46.9. The van der Waals surface area contributed by atoms with E-state index in [0.717, 1.165) is 89.9 Å². The van der Waals surface area contributed by atoms with Crippen molar-refractivity contribution in [2.75, 3.05) is 13.2 Å². The molecule has 60 heavy (non-hydrogen) atoms. The number of rotatable bonds is 46. The van der Waals surface area contributed by atoms with E-state index in [1.54, 1.807) is 0 Å². The van der Waals surface area contributed by atoms with Gasteiger partial charge in [0.1, 0.15) is 13.2 Å². The molecule has 1 atom stereocenters. The van der Waals surface area contributed by atoms with Crippen molar-refractivity contribution < 1.29 is 28.6 Å². The first-order chi connectivity index (χ1) is 29.5. The summed E-state index contributed by atoms with van der Waals surface area (Å²) in [5.74, 6) is -0.907. The van der Waals surface area contributed by atoms with E-state index < -0.39 is 6.10 Å². The second-order valence-corrected chi connectivity index (χ2v) is 17.1. The lowest BCUT2D eigenvalue weighted by molar-refractivity contribution is -0.167. The van der Waals surface area contributed by atoms with Gasteiger partial charge in [-0.15, -0.1) is 0 Å². The zero-order valence-electron chi connectivity index (χ0n) is 39.7. The second-order valence-electron chi connectivity index (χ2n) is 17.1. The molecule has 348 valence electrons. The van der Waals surface area contributed by atoms with Gasteiger partial charge in [-0.05, 0) is 83.5 Å². The molecular formula is C54H96O6. The summed E-state index contributed by atoms with van der Waals surface area (Å²) in [6.07, 6.45) is 58.0. The molecule has 0 rings (SSSR count). The van der Waals surface area contributed by atoms with E-state index >= 15 is 0 Å². The molecule has 0 spiro atoms. The SMILES string of the molecule is CCCCC/C=C\C/C=C\C/C=C\CCCCCCC(=O)OC[C@H](COC(=O)CCCCCCC/C=C\CCCCCC)OC(=O)CCCCCCCCCCCCCC. The molecule has 0 radical (unpaired) electrons. The zero-order chi connectivity index (χ0) is 43.7. The molecule has 0 heterocycles. The van der Waals surface area contributed by atoms with Gasteiger partial charge in [0.25, 0.3) is 0 Å². The summed E-state index contributed by atoms with van der Waals surface area (Å²) in [7, 11) is 0. The Morgan fingerprint density at radius 3 is 1.00 bits per heavy atom. The smallest absolute Gasteiger partial charge is 0.306 e. The maximum absolute atomic E-state index is 12.8. The van der Waals surface area contributed by atoms with Crippen molar-refractivity contribution in [3.63, 3.8) is 0 Å². The molecule has 0 aliphatic heterocycles. The lowest BCUT2D eigenvalue weighted by Gasteiger charge is -2.18. The minimum absolute atomic E-state index is 0.0828. The van der Waals surface area contributed by atoms with Crippen molar-refractivity contribution in [2.45, 2.75) is 264 Å². The number of carbonyl (C=O) groups is 3. The van der Waals surface area contributed by atoms with E-state index in [1.807, 2.05) is 0 Å². The molecule has 0 aromatic carbocycles. The molecule has 0 saturated carbocycles. The summed E-state index contributed by atoms with van der Waals surface area (Å²) in [4.78, 5) is 37.9. The number of esters is 3. The summed E-state index contributed by atoms with van der Waals surface area (Å²) >= 11 is 0. The average Bonchev–Trinajstić information content (AvgIpc) is 3.24. The fourth-order valence-corrected chi connectivity index (χ4v) is 7.15. The van der Waals surface area contributed by atoms with Crippen LogP contribution in [0.3, 0.4) is 0 Å². The fraction of sp³-hybridized carbons (Fsp3) is 0.796. The highest BCUT2D eigenvalue weighted by molar-refractivity contribution is 5.71. The van der Waals surface area contributed by atoms with E-state index in [1.165, 1.54) is 128 Å². The number of hydrogen-bond acceptors (Lipinski definition) is 6. The van der Waals surface area contributed by atoms with Gasteiger partial charge in [0.05, 0.1) is 0 Å². The van der Waals surface area contributed by atoms with Crippen molar-refractivity contribution in [1.82, 2.24) is 0 Å². The molecule has 0 amide bonds. The normalized spacial score (nSPS) is 12.4. The molecule has 0 fully saturated rings. The van der Waals surface area contributed by atoms with E-state index in [-0.39, 0.29) is 31.1 Å². The molecular weight excluding hydrogens is 745 g/mol. The fourth-order valence-electron chi connectivity index (χ4n) is 7.15. The summed E-state index contributed by atoms with van der Waals surface area (Å²) < 4.78 is 16.8. The van der Waals surface area contributed by atoms with Crippen LogP contribution in [0, 0.1) is 0 Å². The maximum Gasteiger partial charge on any atom is 0.306 e. The van der Waals surface area contributed by atoms with Crippen molar-refractivity contribution in [2.24, 2.45) is 0 Å². The second kappa shape index (κ2) is 49.0. The Bertz CT molecular complexity index is 1060. The number of carbonyl (C=O) groups excluding carboxylic acids is 3. The minimum Gasteiger partial charge on any atom is -0.462 e. The lowest BCUT2D eigenvalue weighted by atomic mass is 10.0. The van der Waals surface area contributed by atoms with Crippen LogP contribution in [-0.4, -0.2) is 37.2 Å². The van der Waals surface area contributed by atoms with Crippen LogP contribution in [-0.2, 0) is 28.6 Å². The number of hydrogen-bond donors (Lipinski definition) is 0. The summed E-state index contributed by atoms with van der Waals surface area (Å²) in [5, 5.41) is 0. The van der Waals surface area contributed by atoms with Crippen LogP contribution in [0.1, 0.15) is 258 Å². The predicted molar refractivity (Wildman–Crippen MR) is 256 cm³/mol. The first-order valence-electron chi connectivity index (χ1n) is 25.6. The Morgan fingerprint density at radius 1 is 0.333 bits per heavy atom. The van der Waals surface area contributed by atoms with Gasteiger partial charge >= 0.3 is 17.9 Å². The molecule has 0 aromatic heterocycles. The molecule has 0 aliphatic rings. The standard InChI is InChI=1S/C54H96O6/c1-4-7-10-13-16-19-22-25-26-27-28-30-33-35-38-41-44-47-53(56)59-50-51(60-54(57)48-45-42-39-36-31-24-21-18-15-12-9-6-3)49-58-52(55)46-43-40-37-34-32-29-23-20-17-14-11-8-5-2/h16,19-20,23,25-26,28,30,51H,4-15,17-18,21-22,24,27,29,31-50H2,1-3H3/b19-16-,23-20-,26-25-,30-28-/t51-/m0/s1. The van der Waals surface area contributed by atoms with Gasteiger partial charge in [0.2, 0.25) is 0 Å². The first kappa shape index (κ1) is 57.4. The Morgan fingerprint density at radius 2 is 0.600 bits per heavy atom. The molecule has 0 unspecified atom stereocenters. The van der Waals surface area contributed by atoms with Crippen LogP contribution in [0.2, 0.25) is 0 Å². The highest BCUT2D eigenvalue weighted by Crippen LogP contribution is 2.15. The van der Waals surface area contributed by atoms with Crippen molar-refractivity contribution in [3.8, 4) is 0 Å². The van der Waals surface area contributed by atoms with E-state index in [4.69, 9.17) is 14.2 Å². The van der Waals surface area contributed by atoms with Gasteiger partial charge in [-0.2, -0.15) is 0 Å². The molecule has 0 aliphatic carbocycles. The van der Waals surface area contributed by atoms with Crippen LogP contribution in [0.15, 0.2) is 48.6 Å². The third kappa shape index (κ3) is 46.4. The molecule has 6 heteroatoms. The third-order valence-electron chi connectivity index (χ3n) is 11.1. The highest BCUT2D eigenvalue weighted by Gasteiger charge is 2.19. The van der Waals surface area contributed by atoms with Crippen LogP contribution in [0.25, 0.3) is 0 Å². The van der Waals surface area contributed by atoms with Crippen LogP contribution in [0.5, 0.6) is 0 Å². The maximum atomic E-state index is 12.8. The molecule has 0 N–H and O–H groups in total. The lowest BCUT2D eigenvalue weighted by Crippen LogP contribution is -2.30. The predicted octanol–water partition coefficient (Wildman–Crippen LogP) is 16.7. The molecule has 0 saturated heterocycles. The number of allylic oxidation sites excluding steroid dienone is 8. The van der Waals surface area contributed by atoms with Gasteiger partial charge < -0.3 is 14.2 Å². The number of unbranched alkanes of at least 4 members (excludes halogenated alkanes) is 27. The van der Waals surface area contributed by atoms with Gasteiger partial charge in [-0.25, -0.2) is 0 Å². The quantitative estimate of drug-likeness (QED) is 0.0263. The Hall–Kier alpha value is -2.63. The Balaban J connectivity index is 4.40. The van der Waals surface area contributed by atoms with Crippen LogP contribution >= 0.6 is 0 Å². The largest absolute Gasteiger partial charge is 0.462 e. The van der Waals surface area contributed by atoms with Gasteiger partial charge in [-0.1, -0.05) is 204 Å². The summed E-state index contributed by atoms with van der Waals surface area (Å²) in [6, 6.07) is 0. The van der Waals surface area contributed by atoms with Crippen LogP contribution < -0.4 is 0 Å². The third-order valence-corrected chi connectivity index (χ3v) is 11.1. The van der Waals surface area contributed by atoms with E-state index in [9.17, 15) is 14.4 Å². The first-order valence-corrected chi connectivity index (χ1v) is 25.6. The van der Waals surface area contributed by atoms with Crippen molar-refractivity contribution >= 4 is 17.9 Å². The van der Waals surface area contributed by atoms with Crippen molar-refractivity contribution in [3.05, 3.63) is 48.6 Å². The van der Waals surface area contributed by atoms with E-state index in [2.05, 4.69) is 69.4 Å². The van der Waals surface area contributed by atoms with Gasteiger partial charge in [0.15, 0.2) is 6.10 Å². The van der Waals surface area contributed by atoms with Gasteiger partial charge in [-0.3, -0.25) is 14.4 Å². The zero-order valence-corrected chi connectivity index (χ0v) is 39.7. The van der Waals surface area contributed by atoms with Crippen molar-refractivity contribution in [1.29, 1.82) is 0 Å². The van der Waals surface area contributed by atoms with Gasteiger partial charge in [0, 0.05) is 19.3 Å². The van der Waals surface area contributed by atoms with Crippen LogP contribution in [0.4, 0.5) is 0 Å². The molecule has 0 bridgehead atoms. The summed E-state index contributed by atoms with van der Waals surface area (Å²) in [5.41, 5.74) is 0. The number of ether oxygens (including phenoxy) is 3. The average molecular weight is 841 g/mol. The molecule has 6 nitrogen and oxygen atoms in total. The van der Waals surface area contributed by atoms with E-state index in [0.29, 0.717) is 19.3 Å². The monoisotopic (exact) mass is 841 g/mol. The minimum atomic E-state index is -0.781. The highest BCUT2D eigenvalue weighted by atomic mass is 16.6. The topological polar surface area (TPSA) is 78.9 Å². The Labute approximate surface area is 371 Å². The summed E-state index contributed by atoms with van der Waals surface area (Å²) in [6.45, 7) is 6.57.